The monoisotopic (exact) mass is 382 g/mol. The maximum absolute atomic E-state index is 12.9. The van der Waals surface area contributed by atoms with Crippen molar-refractivity contribution in [2.24, 2.45) is 0 Å². The summed E-state index contributed by atoms with van der Waals surface area (Å²) in [5.41, 5.74) is 4.72. The summed E-state index contributed by atoms with van der Waals surface area (Å²) in [6.45, 7) is 4.25. The molecule has 0 spiro atoms. The second kappa shape index (κ2) is 6.62. The first-order chi connectivity index (χ1) is 13.0. The first-order valence-corrected chi connectivity index (χ1v) is 9.22. The molecule has 27 heavy (non-hydrogen) atoms. The molecule has 0 saturated carbocycles. The Balaban J connectivity index is 1.74. The lowest BCUT2D eigenvalue weighted by molar-refractivity contribution is 0.0996. The third kappa shape index (κ3) is 2.91. The number of methoxy groups -OCH3 is 2. The summed E-state index contributed by atoms with van der Waals surface area (Å²) in [6, 6.07) is 3.73. The second-order valence-electron chi connectivity index (χ2n) is 6.24. The topological polar surface area (TPSA) is 77.4 Å². The highest BCUT2D eigenvalue weighted by atomic mass is 32.1. The Bertz CT molecular complexity index is 1050. The number of hydrogen-bond acceptors (Lipinski definition) is 7. The van der Waals surface area contributed by atoms with Crippen LogP contribution in [0.4, 0.5) is 5.13 Å². The summed E-state index contributed by atoms with van der Waals surface area (Å²) in [7, 11) is 3.11. The zero-order chi connectivity index (χ0) is 19.1. The molecule has 3 aromatic heterocycles. The van der Waals surface area contributed by atoms with Crippen LogP contribution in [0.2, 0.25) is 0 Å². The van der Waals surface area contributed by atoms with Crippen LogP contribution in [-0.2, 0) is 6.54 Å². The normalized spacial score (nSPS) is 13.0. The van der Waals surface area contributed by atoms with E-state index in [-0.39, 0.29) is 5.91 Å². The van der Waals surface area contributed by atoms with Crippen LogP contribution < -0.4 is 14.4 Å². The van der Waals surface area contributed by atoms with Gasteiger partial charge in [-0.2, -0.15) is 0 Å². The van der Waals surface area contributed by atoms with Crippen LogP contribution in [0.5, 0.6) is 11.6 Å². The maximum Gasteiger partial charge on any atom is 0.262 e. The highest BCUT2D eigenvalue weighted by molar-refractivity contribution is 7.14. The molecule has 0 unspecified atom stereocenters. The van der Waals surface area contributed by atoms with Crippen molar-refractivity contribution in [1.29, 1.82) is 0 Å². The molecule has 3 aromatic rings. The number of pyridine rings is 2. The maximum atomic E-state index is 12.9. The van der Waals surface area contributed by atoms with Crippen LogP contribution in [0, 0.1) is 13.8 Å². The Hall–Kier alpha value is -3.00. The Morgan fingerprint density at radius 2 is 1.96 bits per heavy atom. The Morgan fingerprint density at radius 1 is 1.15 bits per heavy atom. The van der Waals surface area contributed by atoms with Crippen LogP contribution in [0.15, 0.2) is 23.7 Å². The molecule has 0 aromatic carbocycles. The third-order valence-electron chi connectivity index (χ3n) is 4.42. The minimum atomic E-state index is -0.0543. The summed E-state index contributed by atoms with van der Waals surface area (Å²) < 4.78 is 10.5. The molecule has 4 rings (SSSR count). The Kier molecular flexibility index (Phi) is 4.27. The molecule has 8 heteroatoms. The number of fused-ring (bicyclic) bond motifs is 1. The number of carbonyl (C=O) groups is 1. The van der Waals surface area contributed by atoms with Gasteiger partial charge in [0.1, 0.15) is 0 Å². The van der Waals surface area contributed by atoms with Gasteiger partial charge in [-0.05, 0) is 31.5 Å². The SMILES string of the molecule is COc1cc(-c2cc(C)c3c(n2)CN(c2nc(C)cs2)C3=O)cnc1OC. The molecule has 1 aliphatic rings. The van der Waals surface area contributed by atoms with Crippen molar-refractivity contribution in [3.05, 3.63) is 46.2 Å². The van der Waals surface area contributed by atoms with E-state index in [0.717, 1.165) is 28.2 Å². The van der Waals surface area contributed by atoms with Crippen molar-refractivity contribution in [2.75, 3.05) is 19.1 Å². The molecule has 7 nitrogen and oxygen atoms in total. The highest BCUT2D eigenvalue weighted by Crippen LogP contribution is 2.34. The summed E-state index contributed by atoms with van der Waals surface area (Å²) in [6.07, 6.45) is 1.69. The predicted octanol–water partition coefficient (Wildman–Crippen LogP) is 3.39. The number of thiazole rings is 1. The van der Waals surface area contributed by atoms with Crippen LogP contribution in [0.25, 0.3) is 11.3 Å². The molecule has 0 atom stereocenters. The van der Waals surface area contributed by atoms with Crippen molar-refractivity contribution < 1.29 is 14.3 Å². The zero-order valence-corrected chi connectivity index (χ0v) is 16.3. The van der Waals surface area contributed by atoms with Gasteiger partial charge in [0.2, 0.25) is 0 Å². The van der Waals surface area contributed by atoms with E-state index in [1.165, 1.54) is 11.3 Å². The van der Waals surface area contributed by atoms with Crippen molar-refractivity contribution >= 4 is 22.4 Å². The van der Waals surface area contributed by atoms with Crippen molar-refractivity contribution in [1.82, 2.24) is 15.0 Å². The Labute approximate surface area is 160 Å². The molecule has 0 radical (unpaired) electrons. The molecular weight excluding hydrogens is 364 g/mol. The largest absolute Gasteiger partial charge is 0.491 e. The fourth-order valence-corrected chi connectivity index (χ4v) is 3.94. The number of aryl methyl sites for hydroxylation is 2. The van der Waals surface area contributed by atoms with E-state index < -0.39 is 0 Å². The first kappa shape index (κ1) is 17.4. The smallest absolute Gasteiger partial charge is 0.262 e. The number of rotatable bonds is 4. The van der Waals surface area contributed by atoms with Gasteiger partial charge in [-0.15, -0.1) is 11.3 Å². The highest BCUT2D eigenvalue weighted by Gasteiger charge is 2.33. The van der Waals surface area contributed by atoms with Gasteiger partial charge in [0.15, 0.2) is 10.9 Å². The molecule has 0 fully saturated rings. The average molecular weight is 382 g/mol. The van der Waals surface area contributed by atoms with Crippen molar-refractivity contribution in [3.63, 3.8) is 0 Å². The van der Waals surface area contributed by atoms with Gasteiger partial charge in [-0.25, -0.2) is 9.97 Å². The van der Waals surface area contributed by atoms with Crippen LogP contribution in [0.1, 0.15) is 27.3 Å². The lowest BCUT2D eigenvalue weighted by atomic mass is 10.1. The van der Waals surface area contributed by atoms with Crippen LogP contribution in [-0.4, -0.2) is 35.1 Å². The molecule has 0 aliphatic carbocycles. The molecule has 1 aliphatic heterocycles. The molecule has 1 amide bonds. The van der Waals surface area contributed by atoms with E-state index in [1.807, 2.05) is 31.4 Å². The number of aromatic nitrogens is 3. The first-order valence-electron chi connectivity index (χ1n) is 8.34. The molecule has 0 N–H and O–H groups in total. The van der Waals surface area contributed by atoms with Crippen molar-refractivity contribution in [2.45, 2.75) is 20.4 Å². The molecule has 4 heterocycles. The standard InChI is InChI=1S/C19H18N4O3S/c1-10-5-13(12-6-15(25-3)17(26-4)20-7-12)22-14-8-23(18(24)16(10)14)19-21-11(2)9-27-19/h5-7,9H,8H2,1-4H3. The van der Waals surface area contributed by atoms with Gasteiger partial charge >= 0.3 is 0 Å². The number of anilines is 1. The van der Waals surface area contributed by atoms with Gasteiger partial charge in [-0.3, -0.25) is 14.7 Å². The third-order valence-corrected chi connectivity index (χ3v) is 5.40. The molecule has 0 saturated heterocycles. The summed E-state index contributed by atoms with van der Waals surface area (Å²) >= 11 is 1.46. The van der Waals surface area contributed by atoms with Gasteiger partial charge < -0.3 is 9.47 Å². The van der Waals surface area contributed by atoms with Crippen LogP contribution >= 0.6 is 11.3 Å². The number of carbonyl (C=O) groups excluding carboxylic acids is 1. The number of amides is 1. The molecule has 0 bridgehead atoms. The van der Waals surface area contributed by atoms with E-state index in [0.29, 0.717) is 28.9 Å². The van der Waals surface area contributed by atoms with E-state index in [4.69, 9.17) is 14.5 Å². The number of nitrogens with zero attached hydrogens (tertiary/aromatic N) is 4. The van der Waals surface area contributed by atoms with E-state index in [2.05, 4.69) is 9.97 Å². The predicted molar refractivity (Wildman–Crippen MR) is 103 cm³/mol. The van der Waals surface area contributed by atoms with Gasteiger partial charge in [0, 0.05) is 17.1 Å². The van der Waals surface area contributed by atoms with Crippen molar-refractivity contribution in [3.8, 4) is 22.9 Å². The number of hydrogen-bond donors (Lipinski definition) is 0. The zero-order valence-electron chi connectivity index (χ0n) is 15.4. The van der Waals surface area contributed by atoms with E-state index >= 15 is 0 Å². The van der Waals surface area contributed by atoms with Crippen LogP contribution in [0.3, 0.4) is 0 Å². The second-order valence-corrected chi connectivity index (χ2v) is 7.08. The summed E-state index contributed by atoms with van der Waals surface area (Å²) in [5, 5.41) is 2.64. The Morgan fingerprint density at radius 3 is 2.63 bits per heavy atom. The minimum Gasteiger partial charge on any atom is -0.491 e. The summed E-state index contributed by atoms with van der Waals surface area (Å²) in [5.74, 6) is 0.895. The quantitative estimate of drug-likeness (QED) is 0.688. The lowest BCUT2D eigenvalue weighted by Gasteiger charge is -2.10. The fourth-order valence-electron chi connectivity index (χ4n) is 3.14. The van der Waals surface area contributed by atoms with E-state index in [1.54, 1.807) is 25.3 Å². The fraction of sp³-hybridized carbons (Fsp3) is 0.263. The average Bonchev–Trinajstić information content (AvgIpc) is 3.24. The molecular formula is C19H18N4O3S. The van der Waals surface area contributed by atoms with E-state index in [9.17, 15) is 4.79 Å². The lowest BCUT2D eigenvalue weighted by Crippen LogP contribution is -2.23. The molecule has 138 valence electrons. The van der Waals surface area contributed by atoms with Gasteiger partial charge in [0.05, 0.1) is 43.4 Å². The summed E-state index contributed by atoms with van der Waals surface area (Å²) in [4.78, 5) is 28.0. The van der Waals surface area contributed by atoms with Gasteiger partial charge in [-0.1, -0.05) is 0 Å². The number of ether oxygens (including phenoxy) is 2. The minimum absolute atomic E-state index is 0.0543. The van der Waals surface area contributed by atoms with Gasteiger partial charge in [0.25, 0.3) is 11.8 Å².